The molecule has 1 unspecified atom stereocenters. The first-order valence-corrected chi connectivity index (χ1v) is 5.68. The lowest BCUT2D eigenvalue weighted by Gasteiger charge is -2.08. The fraction of sp³-hybridized carbons (Fsp3) is 0.750. The zero-order valence-corrected chi connectivity index (χ0v) is 9.13. The Labute approximate surface area is 91.8 Å². The Kier molecular flexibility index (Phi) is 3.84. The van der Waals surface area contributed by atoms with Crippen LogP contribution in [0, 0.1) is 0 Å². The van der Waals surface area contributed by atoms with Crippen molar-refractivity contribution in [2.75, 3.05) is 18.6 Å². The molecule has 2 heterocycles. The van der Waals surface area contributed by atoms with Crippen molar-refractivity contribution >= 4 is 16.5 Å². The zero-order valence-electron chi connectivity index (χ0n) is 8.31. The summed E-state index contributed by atoms with van der Waals surface area (Å²) in [6, 6.07) is 0. The molecular weight excluding hydrogens is 216 g/mol. The Morgan fingerprint density at radius 2 is 2.53 bits per heavy atom. The van der Waals surface area contributed by atoms with Gasteiger partial charge in [0.1, 0.15) is 11.6 Å². The SMILES string of the molecule is NNc1nnc(COCC2CCCO2)s1. The van der Waals surface area contributed by atoms with E-state index >= 15 is 0 Å². The van der Waals surface area contributed by atoms with E-state index in [1.165, 1.54) is 11.3 Å². The van der Waals surface area contributed by atoms with Crippen molar-refractivity contribution < 1.29 is 9.47 Å². The van der Waals surface area contributed by atoms with Gasteiger partial charge in [0.15, 0.2) is 0 Å². The van der Waals surface area contributed by atoms with Gasteiger partial charge in [-0.1, -0.05) is 11.3 Å². The molecule has 0 amide bonds. The van der Waals surface area contributed by atoms with E-state index < -0.39 is 0 Å². The normalized spacial score (nSPS) is 20.7. The van der Waals surface area contributed by atoms with E-state index in [1.54, 1.807) is 0 Å². The highest BCUT2D eigenvalue weighted by atomic mass is 32.1. The van der Waals surface area contributed by atoms with E-state index in [4.69, 9.17) is 15.3 Å². The third kappa shape index (κ3) is 3.10. The van der Waals surface area contributed by atoms with Gasteiger partial charge in [-0.3, -0.25) is 5.43 Å². The largest absolute Gasteiger partial charge is 0.376 e. The Balaban J connectivity index is 1.68. The lowest BCUT2D eigenvalue weighted by atomic mass is 10.2. The Hall–Kier alpha value is -0.760. The molecule has 0 radical (unpaired) electrons. The fourth-order valence-electron chi connectivity index (χ4n) is 1.42. The highest BCUT2D eigenvalue weighted by Gasteiger charge is 2.15. The van der Waals surface area contributed by atoms with Gasteiger partial charge in [-0.25, -0.2) is 5.84 Å². The molecule has 3 N–H and O–H groups in total. The number of rotatable bonds is 5. The second kappa shape index (κ2) is 5.36. The first kappa shape index (κ1) is 10.7. The Morgan fingerprint density at radius 3 is 3.20 bits per heavy atom. The number of aromatic nitrogens is 2. The molecule has 1 fully saturated rings. The molecule has 1 saturated heterocycles. The van der Waals surface area contributed by atoms with Crippen LogP contribution in [0.2, 0.25) is 0 Å². The van der Waals surface area contributed by atoms with Crippen molar-refractivity contribution in [3.8, 4) is 0 Å². The molecule has 0 aromatic carbocycles. The number of nitrogen functional groups attached to an aromatic ring is 1. The number of hydrazine groups is 1. The molecule has 2 rings (SSSR count). The first-order valence-electron chi connectivity index (χ1n) is 4.87. The minimum absolute atomic E-state index is 0.255. The zero-order chi connectivity index (χ0) is 10.5. The van der Waals surface area contributed by atoms with Crippen LogP contribution in [0.5, 0.6) is 0 Å². The topological polar surface area (TPSA) is 82.3 Å². The lowest BCUT2D eigenvalue weighted by Crippen LogP contribution is -2.13. The second-order valence-electron chi connectivity index (χ2n) is 3.30. The van der Waals surface area contributed by atoms with Gasteiger partial charge in [0.05, 0.1) is 12.7 Å². The van der Waals surface area contributed by atoms with Crippen LogP contribution in [0.25, 0.3) is 0 Å². The van der Waals surface area contributed by atoms with E-state index in [9.17, 15) is 0 Å². The van der Waals surface area contributed by atoms with Crippen LogP contribution in [0.4, 0.5) is 5.13 Å². The number of ether oxygens (including phenoxy) is 2. The van der Waals surface area contributed by atoms with E-state index in [2.05, 4.69) is 15.6 Å². The van der Waals surface area contributed by atoms with Gasteiger partial charge in [0.25, 0.3) is 0 Å². The van der Waals surface area contributed by atoms with Crippen molar-refractivity contribution in [1.82, 2.24) is 10.2 Å². The molecule has 1 atom stereocenters. The monoisotopic (exact) mass is 230 g/mol. The van der Waals surface area contributed by atoms with Crippen molar-refractivity contribution in [1.29, 1.82) is 0 Å². The van der Waals surface area contributed by atoms with Crippen LogP contribution < -0.4 is 11.3 Å². The van der Waals surface area contributed by atoms with Gasteiger partial charge in [-0.05, 0) is 12.8 Å². The number of nitrogens with one attached hydrogen (secondary N) is 1. The standard InChI is InChI=1S/C8H14N4O2S/c9-10-8-12-11-7(15-8)5-13-4-6-2-1-3-14-6/h6H,1-5,9H2,(H,10,12). The van der Waals surface area contributed by atoms with Crippen molar-refractivity contribution in [2.24, 2.45) is 5.84 Å². The van der Waals surface area contributed by atoms with Crippen LogP contribution in [0.3, 0.4) is 0 Å². The number of nitrogens with two attached hydrogens (primary N) is 1. The molecule has 0 saturated carbocycles. The molecule has 0 bridgehead atoms. The molecule has 84 valence electrons. The van der Waals surface area contributed by atoms with Crippen LogP contribution in [0.15, 0.2) is 0 Å². The smallest absolute Gasteiger partial charge is 0.219 e. The highest BCUT2D eigenvalue weighted by molar-refractivity contribution is 7.15. The summed E-state index contributed by atoms with van der Waals surface area (Å²) >= 11 is 1.39. The number of hydrogen-bond donors (Lipinski definition) is 2. The van der Waals surface area contributed by atoms with Crippen molar-refractivity contribution in [2.45, 2.75) is 25.6 Å². The quantitative estimate of drug-likeness (QED) is 0.567. The summed E-state index contributed by atoms with van der Waals surface area (Å²) in [5, 5.41) is 9.14. The molecule has 7 heteroatoms. The Morgan fingerprint density at radius 1 is 1.60 bits per heavy atom. The molecule has 1 aromatic heterocycles. The summed E-state index contributed by atoms with van der Waals surface area (Å²) in [7, 11) is 0. The molecule has 6 nitrogen and oxygen atoms in total. The van der Waals surface area contributed by atoms with E-state index in [1.807, 2.05) is 0 Å². The summed E-state index contributed by atoms with van der Waals surface area (Å²) in [5.41, 5.74) is 2.44. The van der Waals surface area contributed by atoms with Gasteiger partial charge in [0, 0.05) is 6.61 Å². The van der Waals surface area contributed by atoms with Crippen molar-refractivity contribution in [3.63, 3.8) is 0 Å². The van der Waals surface area contributed by atoms with Gasteiger partial charge in [-0.2, -0.15) is 0 Å². The predicted octanol–water partition coefficient (Wildman–Crippen LogP) is 0.519. The molecule has 1 aliphatic heterocycles. The maximum absolute atomic E-state index is 5.48. The molecule has 1 aromatic rings. The van der Waals surface area contributed by atoms with Crippen LogP contribution >= 0.6 is 11.3 Å². The van der Waals surface area contributed by atoms with Crippen LogP contribution in [-0.2, 0) is 16.1 Å². The summed E-state index contributed by atoms with van der Waals surface area (Å²) in [6.07, 6.45) is 2.48. The maximum atomic E-state index is 5.48. The number of nitrogens with zero attached hydrogens (tertiary/aromatic N) is 2. The van der Waals surface area contributed by atoms with Gasteiger partial charge < -0.3 is 9.47 Å². The third-order valence-corrected chi connectivity index (χ3v) is 2.97. The van der Waals surface area contributed by atoms with Gasteiger partial charge in [-0.15, -0.1) is 10.2 Å². The van der Waals surface area contributed by atoms with Gasteiger partial charge in [0.2, 0.25) is 5.13 Å². The molecule has 0 aliphatic carbocycles. The van der Waals surface area contributed by atoms with Gasteiger partial charge >= 0.3 is 0 Å². The van der Waals surface area contributed by atoms with E-state index in [0.717, 1.165) is 24.5 Å². The molecule has 0 spiro atoms. The van der Waals surface area contributed by atoms with Crippen molar-refractivity contribution in [3.05, 3.63) is 5.01 Å². The summed E-state index contributed by atoms with van der Waals surface area (Å²) in [6.45, 7) is 1.96. The average molecular weight is 230 g/mol. The minimum Gasteiger partial charge on any atom is -0.376 e. The summed E-state index contributed by atoms with van der Waals surface area (Å²) in [5.74, 6) is 5.19. The third-order valence-electron chi connectivity index (χ3n) is 2.14. The van der Waals surface area contributed by atoms with E-state index in [-0.39, 0.29) is 6.10 Å². The fourth-order valence-corrected chi connectivity index (χ4v) is 2.01. The molecule has 15 heavy (non-hydrogen) atoms. The lowest BCUT2D eigenvalue weighted by molar-refractivity contribution is 0.0104. The average Bonchev–Trinajstić information content (AvgIpc) is 2.88. The number of hydrogen-bond acceptors (Lipinski definition) is 7. The van der Waals surface area contributed by atoms with Crippen LogP contribution in [-0.4, -0.2) is 29.5 Å². The second-order valence-corrected chi connectivity index (χ2v) is 4.36. The number of anilines is 1. The Bertz CT molecular complexity index is 301. The molecular formula is C8H14N4O2S. The summed E-state index contributed by atoms with van der Waals surface area (Å²) in [4.78, 5) is 0. The first-order chi connectivity index (χ1) is 7.38. The highest BCUT2D eigenvalue weighted by Crippen LogP contribution is 2.16. The minimum atomic E-state index is 0.255. The predicted molar refractivity (Wildman–Crippen MR) is 56.3 cm³/mol. The van der Waals surface area contributed by atoms with E-state index in [0.29, 0.717) is 18.3 Å². The maximum Gasteiger partial charge on any atom is 0.219 e. The molecule has 1 aliphatic rings. The van der Waals surface area contributed by atoms with Crippen LogP contribution in [0.1, 0.15) is 17.8 Å². The summed E-state index contributed by atoms with van der Waals surface area (Å²) < 4.78 is 10.9.